The van der Waals surface area contributed by atoms with Crippen LogP contribution >= 0.6 is 0 Å². The Morgan fingerprint density at radius 1 is 1.11 bits per heavy atom. The number of benzene rings is 2. The number of aromatic nitrogens is 1. The summed E-state index contributed by atoms with van der Waals surface area (Å²) in [4.78, 5) is 45.7. The van der Waals surface area contributed by atoms with Crippen molar-refractivity contribution in [1.29, 1.82) is 0 Å². The number of carbonyl (C=O) groups is 3. The zero-order valence-electron chi connectivity index (χ0n) is 19.8. The van der Waals surface area contributed by atoms with E-state index in [4.69, 9.17) is 4.74 Å². The van der Waals surface area contributed by atoms with E-state index in [0.717, 1.165) is 10.9 Å². The zero-order chi connectivity index (χ0) is 25.2. The lowest BCUT2D eigenvalue weighted by molar-refractivity contribution is -0.119. The lowest BCUT2D eigenvalue weighted by atomic mass is 10.1. The van der Waals surface area contributed by atoms with Crippen molar-refractivity contribution >= 4 is 40.2 Å². The van der Waals surface area contributed by atoms with Crippen molar-refractivity contribution in [1.82, 2.24) is 15.2 Å². The van der Waals surface area contributed by atoms with Crippen LogP contribution in [0.4, 0.5) is 20.6 Å². The second kappa shape index (κ2) is 9.80. The maximum Gasteiger partial charge on any atom is 0.414 e. The molecule has 186 valence electrons. The fourth-order valence-electron chi connectivity index (χ4n) is 4.54. The topological polar surface area (TPSA) is 95.1 Å². The van der Waals surface area contributed by atoms with Crippen LogP contribution in [0.3, 0.4) is 0 Å². The lowest BCUT2D eigenvalue weighted by Gasteiger charge is -2.36. The van der Waals surface area contributed by atoms with E-state index >= 15 is 4.39 Å². The first-order valence-corrected chi connectivity index (χ1v) is 11.8. The third-order valence-corrected chi connectivity index (χ3v) is 6.44. The number of fused-ring (bicyclic) bond motifs is 1. The quantitative estimate of drug-likeness (QED) is 0.590. The number of nitrogens with zero attached hydrogens (tertiary/aromatic N) is 4. The fourth-order valence-corrected chi connectivity index (χ4v) is 4.54. The number of halogens is 1. The van der Waals surface area contributed by atoms with E-state index < -0.39 is 18.0 Å². The third kappa shape index (κ3) is 4.79. The van der Waals surface area contributed by atoms with Gasteiger partial charge < -0.3 is 19.9 Å². The van der Waals surface area contributed by atoms with Crippen LogP contribution in [-0.4, -0.2) is 73.2 Å². The first kappa shape index (κ1) is 23.5. The first-order valence-electron chi connectivity index (χ1n) is 11.8. The summed E-state index contributed by atoms with van der Waals surface area (Å²) in [5, 5.41) is 3.53. The molecule has 36 heavy (non-hydrogen) atoms. The molecule has 3 amide bonds. The maximum atomic E-state index is 15.1. The molecule has 2 aliphatic rings. The average molecular weight is 492 g/mol. The smallest absolute Gasteiger partial charge is 0.414 e. The van der Waals surface area contributed by atoms with Gasteiger partial charge in [-0.3, -0.25) is 19.5 Å². The van der Waals surface area contributed by atoms with Gasteiger partial charge in [0.25, 0.3) is 5.91 Å². The van der Waals surface area contributed by atoms with Crippen molar-refractivity contribution in [2.24, 2.45) is 0 Å². The molecule has 0 radical (unpaired) electrons. The van der Waals surface area contributed by atoms with Gasteiger partial charge in [0.15, 0.2) is 0 Å². The number of carbonyl (C=O) groups excluding carboxylic acids is 3. The molecule has 3 aromatic rings. The van der Waals surface area contributed by atoms with Gasteiger partial charge in [-0.15, -0.1) is 0 Å². The highest BCUT2D eigenvalue weighted by molar-refractivity contribution is 5.97. The molecule has 3 heterocycles. The highest BCUT2D eigenvalue weighted by atomic mass is 19.1. The number of cyclic esters (lactones) is 1. The van der Waals surface area contributed by atoms with Gasteiger partial charge >= 0.3 is 6.09 Å². The Balaban J connectivity index is 1.21. The van der Waals surface area contributed by atoms with E-state index in [2.05, 4.69) is 10.3 Å². The molecule has 0 unspecified atom stereocenters. The van der Waals surface area contributed by atoms with Gasteiger partial charge in [0.2, 0.25) is 5.91 Å². The van der Waals surface area contributed by atoms with Crippen LogP contribution in [0.5, 0.6) is 0 Å². The number of amides is 3. The minimum atomic E-state index is -0.576. The standard InChI is InChI=1S/C26H26FN5O4/c1-17(33)28-15-21-16-32(26(35)36-21)20-6-7-24(22(27)13-20)30-8-10-31(11-9-30)25(34)19-12-18-4-2-3-5-23(18)29-14-19/h2-7,12-14,21H,8-11,15-16H2,1H3,(H,28,33)/t21-/m0/s1. The summed E-state index contributed by atoms with van der Waals surface area (Å²) in [6, 6.07) is 14.1. The van der Waals surface area contributed by atoms with Crippen molar-refractivity contribution in [2.45, 2.75) is 13.0 Å². The molecule has 1 aromatic heterocycles. The number of hydrogen-bond acceptors (Lipinski definition) is 6. The summed E-state index contributed by atoms with van der Waals surface area (Å²) in [6.45, 7) is 3.69. The number of pyridine rings is 1. The van der Waals surface area contributed by atoms with Gasteiger partial charge in [-0.1, -0.05) is 18.2 Å². The van der Waals surface area contributed by atoms with Gasteiger partial charge in [0.1, 0.15) is 11.9 Å². The first-order chi connectivity index (χ1) is 17.4. The molecule has 0 spiro atoms. The van der Waals surface area contributed by atoms with E-state index in [1.807, 2.05) is 35.2 Å². The van der Waals surface area contributed by atoms with Crippen LogP contribution in [0.1, 0.15) is 17.3 Å². The summed E-state index contributed by atoms with van der Waals surface area (Å²) >= 11 is 0. The predicted octanol–water partition coefficient (Wildman–Crippen LogP) is 2.80. The van der Waals surface area contributed by atoms with E-state index in [1.54, 1.807) is 23.2 Å². The van der Waals surface area contributed by atoms with Crippen molar-refractivity contribution in [3.8, 4) is 0 Å². The van der Waals surface area contributed by atoms with Gasteiger partial charge in [-0.2, -0.15) is 0 Å². The lowest BCUT2D eigenvalue weighted by Crippen LogP contribution is -2.49. The van der Waals surface area contributed by atoms with Crippen molar-refractivity contribution < 1.29 is 23.5 Å². The van der Waals surface area contributed by atoms with Gasteiger partial charge in [-0.25, -0.2) is 9.18 Å². The summed E-state index contributed by atoms with van der Waals surface area (Å²) < 4.78 is 20.3. The molecule has 10 heteroatoms. The van der Waals surface area contributed by atoms with Gasteiger partial charge in [0.05, 0.1) is 35.5 Å². The molecule has 2 aromatic carbocycles. The monoisotopic (exact) mass is 491 g/mol. The molecule has 5 rings (SSSR count). The molecule has 1 atom stereocenters. The number of para-hydroxylation sites is 1. The Labute approximate surface area is 207 Å². The van der Waals surface area contributed by atoms with E-state index in [-0.39, 0.29) is 24.9 Å². The molecule has 0 saturated carbocycles. The Bertz CT molecular complexity index is 1320. The number of hydrogen-bond donors (Lipinski definition) is 1. The van der Waals surface area contributed by atoms with E-state index in [1.165, 1.54) is 17.9 Å². The molecule has 1 N–H and O–H groups in total. The molecule has 2 fully saturated rings. The number of nitrogens with one attached hydrogen (secondary N) is 1. The average Bonchev–Trinajstić information content (AvgIpc) is 3.27. The summed E-state index contributed by atoms with van der Waals surface area (Å²) in [5.74, 6) is -0.759. The Hall–Kier alpha value is -4.21. The normalized spacial score (nSPS) is 17.9. The molecule has 0 aliphatic carbocycles. The van der Waals surface area contributed by atoms with Crippen LogP contribution in [0.2, 0.25) is 0 Å². The van der Waals surface area contributed by atoms with Crippen molar-refractivity contribution in [3.63, 3.8) is 0 Å². The highest BCUT2D eigenvalue weighted by Gasteiger charge is 2.33. The Morgan fingerprint density at radius 2 is 1.89 bits per heavy atom. The Kier molecular flexibility index (Phi) is 6.41. The van der Waals surface area contributed by atoms with Crippen LogP contribution in [0.25, 0.3) is 10.9 Å². The number of ether oxygens (including phenoxy) is 1. The summed E-state index contributed by atoms with van der Waals surface area (Å²) in [5.41, 5.74) is 2.18. The number of piperazine rings is 1. The molecule has 9 nitrogen and oxygen atoms in total. The van der Waals surface area contributed by atoms with Crippen LogP contribution in [0.15, 0.2) is 54.7 Å². The second-order valence-electron chi connectivity index (χ2n) is 8.89. The molecule has 2 saturated heterocycles. The van der Waals surface area contributed by atoms with Crippen LogP contribution in [-0.2, 0) is 9.53 Å². The largest absolute Gasteiger partial charge is 0.442 e. The van der Waals surface area contributed by atoms with E-state index in [0.29, 0.717) is 43.1 Å². The zero-order valence-corrected chi connectivity index (χ0v) is 19.8. The molecule has 0 bridgehead atoms. The molecular weight excluding hydrogens is 465 g/mol. The Morgan fingerprint density at radius 3 is 2.64 bits per heavy atom. The molecular formula is C26H26FN5O4. The minimum absolute atomic E-state index is 0.0925. The molecule has 2 aliphatic heterocycles. The van der Waals surface area contributed by atoms with Crippen LogP contribution in [0, 0.1) is 5.82 Å². The summed E-state index contributed by atoms with van der Waals surface area (Å²) in [6.07, 6.45) is 0.528. The second-order valence-corrected chi connectivity index (χ2v) is 8.89. The SMILES string of the molecule is CC(=O)NC[C@H]1CN(c2ccc(N3CCN(C(=O)c4cnc5ccccc5c4)CC3)c(F)c2)C(=O)O1. The fraction of sp³-hybridized carbons (Fsp3) is 0.308. The third-order valence-electron chi connectivity index (χ3n) is 6.44. The highest BCUT2D eigenvalue weighted by Crippen LogP contribution is 2.29. The van der Waals surface area contributed by atoms with Crippen LogP contribution < -0.4 is 15.1 Å². The van der Waals surface area contributed by atoms with Crippen molar-refractivity contribution in [3.05, 3.63) is 66.1 Å². The number of anilines is 2. The minimum Gasteiger partial charge on any atom is -0.442 e. The van der Waals surface area contributed by atoms with Gasteiger partial charge in [-0.05, 0) is 30.3 Å². The number of rotatable bonds is 5. The van der Waals surface area contributed by atoms with E-state index in [9.17, 15) is 14.4 Å². The van der Waals surface area contributed by atoms with Crippen molar-refractivity contribution in [2.75, 3.05) is 49.1 Å². The predicted molar refractivity (Wildman–Crippen MR) is 133 cm³/mol. The maximum absolute atomic E-state index is 15.1. The summed E-state index contributed by atoms with van der Waals surface area (Å²) in [7, 11) is 0. The van der Waals surface area contributed by atoms with Gasteiger partial charge in [0, 0.05) is 44.7 Å².